The molecular weight excluding hydrogens is 490 g/mol. The lowest BCUT2D eigenvalue weighted by Gasteiger charge is -2.32. The zero-order valence-corrected chi connectivity index (χ0v) is 22.6. The van der Waals surface area contributed by atoms with Crippen molar-refractivity contribution in [2.75, 3.05) is 24.2 Å². The van der Waals surface area contributed by atoms with Crippen molar-refractivity contribution in [1.82, 2.24) is 10.2 Å². The molecule has 2 rings (SSSR count). The number of amides is 2. The van der Waals surface area contributed by atoms with Crippen LogP contribution in [0.25, 0.3) is 0 Å². The largest absolute Gasteiger partial charge is 0.497 e. The second kappa shape index (κ2) is 12.3. The van der Waals surface area contributed by atoms with Crippen molar-refractivity contribution in [1.29, 1.82) is 0 Å². The lowest BCUT2D eigenvalue weighted by molar-refractivity contribution is -0.139. The van der Waals surface area contributed by atoms with Gasteiger partial charge in [-0.05, 0) is 68.7 Å². The van der Waals surface area contributed by atoms with E-state index >= 15 is 0 Å². The van der Waals surface area contributed by atoms with Gasteiger partial charge in [-0.3, -0.25) is 13.9 Å². The highest BCUT2D eigenvalue weighted by atomic mass is 35.5. The van der Waals surface area contributed by atoms with Crippen molar-refractivity contribution in [2.24, 2.45) is 0 Å². The quantitative estimate of drug-likeness (QED) is 0.484. The number of benzene rings is 2. The fraction of sp³-hybridized carbons (Fsp3) is 0.440. The minimum absolute atomic E-state index is 0.0628. The smallest absolute Gasteiger partial charge is 0.244 e. The Morgan fingerprint density at radius 3 is 2.26 bits per heavy atom. The molecule has 0 aliphatic carbocycles. The first-order chi connectivity index (χ1) is 16.4. The van der Waals surface area contributed by atoms with Gasteiger partial charge < -0.3 is 15.0 Å². The number of nitrogens with one attached hydrogen (secondary N) is 1. The van der Waals surface area contributed by atoms with Crippen LogP contribution in [0.5, 0.6) is 5.75 Å². The first-order valence-electron chi connectivity index (χ1n) is 11.3. The first-order valence-corrected chi connectivity index (χ1v) is 13.6. The van der Waals surface area contributed by atoms with E-state index in [4.69, 9.17) is 16.3 Å². The molecule has 0 aliphatic rings. The van der Waals surface area contributed by atoms with Gasteiger partial charge in [-0.1, -0.05) is 30.7 Å². The second-order valence-electron chi connectivity index (χ2n) is 8.56. The number of ether oxygens (including phenoxy) is 1. The predicted octanol–water partition coefficient (Wildman–Crippen LogP) is 3.76. The maximum Gasteiger partial charge on any atom is 0.244 e. The summed E-state index contributed by atoms with van der Waals surface area (Å²) in [4.78, 5) is 27.9. The molecule has 2 aromatic carbocycles. The van der Waals surface area contributed by atoms with Crippen molar-refractivity contribution < 1.29 is 22.7 Å². The summed E-state index contributed by atoms with van der Waals surface area (Å²) in [7, 11) is -2.25. The number of hydrogen-bond acceptors (Lipinski definition) is 5. The summed E-state index contributed by atoms with van der Waals surface area (Å²) in [6.07, 6.45) is 1.78. The van der Waals surface area contributed by atoms with Crippen molar-refractivity contribution in [3.05, 3.63) is 58.6 Å². The number of sulfonamides is 1. The van der Waals surface area contributed by atoms with Gasteiger partial charge in [0, 0.05) is 17.6 Å². The Kier molecular flexibility index (Phi) is 9.97. The minimum atomic E-state index is -3.81. The molecule has 192 valence electrons. The van der Waals surface area contributed by atoms with E-state index in [1.165, 1.54) is 4.90 Å². The molecule has 8 nitrogen and oxygen atoms in total. The van der Waals surface area contributed by atoms with Gasteiger partial charge in [0.1, 0.15) is 18.3 Å². The Morgan fingerprint density at radius 1 is 1.11 bits per heavy atom. The highest BCUT2D eigenvalue weighted by Crippen LogP contribution is 2.26. The minimum Gasteiger partial charge on any atom is -0.497 e. The van der Waals surface area contributed by atoms with Crippen LogP contribution in [0.3, 0.4) is 0 Å². The van der Waals surface area contributed by atoms with Crippen molar-refractivity contribution in [3.63, 3.8) is 0 Å². The molecule has 0 unspecified atom stereocenters. The highest BCUT2D eigenvalue weighted by molar-refractivity contribution is 7.92. The predicted molar refractivity (Wildman–Crippen MR) is 139 cm³/mol. The number of halogens is 1. The monoisotopic (exact) mass is 523 g/mol. The lowest BCUT2D eigenvalue weighted by atomic mass is 10.1. The molecule has 2 amide bonds. The third kappa shape index (κ3) is 7.86. The standard InChI is InChI=1S/C25H34ClN3O5S/c1-7-18(3)27-25(31)19(4)28(15-20-8-11-22(34-5)12-9-20)24(30)16-29(35(6,32)33)23-13-10-21(26)14-17(23)2/h8-14,18-19H,7,15-16H2,1-6H3,(H,27,31)/t18-,19-/m0/s1. The molecule has 0 heterocycles. The van der Waals surface area contributed by atoms with E-state index in [2.05, 4.69) is 5.32 Å². The van der Waals surface area contributed by atoms with E-state index in [9.17, 15) is 18.0 Å². The van der Waals surface area contributed by atoms with E-state index in [0.717, 1.165) is 22.5 Å². The molecule has 1 N–H and O–H groups in total. The molecule has 0 bridgehead atoms. The van der Waals surface area contributed by atoms with Crippen LogP contribution >= 0.6 is 11.6 Å². The number of hydrogen-bond donors (Lipinski definition) is 1. The number of rotatable bonds is 11. The number of nitrogens with zero attached hydrogens (tertiary/aromatic N) is 2. The summed E-state index contributed by atoms with van der Waals surface area (Å²) in [6, 6.07) is 11.0. The summed E-state index contributed by atoms with van der Waals surface area (Å²) >= 11 is 6.04. The van der Waals surface area contributed by atoms with Crippen LogP contribution in [0.15, 0.2) is 42.5 Å². The Morgan fingerprint density at radius 2 is 1.74 bits per heavy atom. The number of carbonyl (C=O) groups is 2. The summed E-state index contributed by atoms with van der Waals surface area (Å²) < 4.78 is 31.6. The van der Waals surface area contributed by atoms with Crippen LogP contribution in [0.2, 0.25) is 5.02 Å². The number of carbonyl (C=O) groups excluding carboxylic acids is 2. The third-order valence-corrected chi connectivity index (χ3v) is 7.15. The van der Waals surface area contributed by atoms with Gasteiger partial charge in [0.25, 0.3) is 0 Å². The molecule has 0 saturated carbocycles. The molecule has 10 heteroatoms. The van der Waals surface area contributed by atoms with Crippen LogP contribution in [0, 0.1) is 6.92 Å². The van der Waals surface area contributed by atoms with Crippen molar-refractivity contribution in [3.8, 4) is 5.75 Å². The van der Waals surface area contributed by atoms with Crippen LogP contribution < -0.4 is 14.4 Å². The van der Waals surface area contributed by atoms with Crippen LogP contribution in [-0.2, 0) is 26.2 Å². The molecule has 0 aliphatic heterocycles. The zero-order chi connectivity index (χ0) is 26.3. The van der Waals surface area contributed by atoms with Gasteiger partial charge >= 0.3 is 0 Å². The van der Waals surface area contributed by atoms with Gasteiger partial charge in [0.05, 0.1) is 19.1 Å². The number of methoxy groups -OCH3 is 1. The van der Waals surface area contributed by atoms with Gasteiger partial charge in [-0.2, -0.15) is 0 Å². The van der Waals surface area contributed by atoms with Gasteiger partial charge in [0.2, 0.25) is 21.8 Å². The molecule has 0 radical (unpaired) electrons. The van der Waals surface area contributed by atoms with E-state index in [1.807, 2.05) is 13.8 Å². The molecule has 2 atom stereocenters. The van der Waals surface area contributed by atoms with Gasteiger partial charge in [-0.25, -0.2) is 8.42 Å². The van der Waals surface area contributed by atoms with Crippen LogP contribution in [0.1, 0.15) is 38.3 Å². The average Bonchev–Trinajstić information content (AvgIpc) is 2.80. The molecular formula is C25H34ClN3O5S. The second-order valence-corrected chi connectivity index (χ2v) is 10.9. The number of aryl methyl sites for hydroxylation is 1. The molecule has 0 saturated heterocycles. The molecule has 0 fully saturated rings. The third-order valence-electron chi connectivity index (χ3n) is 5.79. The van der Waals surface area contributed by atoms with E-state index in [1.54, 1.807) is 63.4 Å². The zero-order valence-electron chi connectivity index (χ0n) is 21.0. The van der Waals surface area contributed by atoms with E-state index < -0.39 is 28.5 Å². The summed E-state index contributed by atoms with van der Waals surface area (Å²) in [6.45, 7) is 6.86. The van der Waals surface area contributed by atoms with Crippen LogP contribution in [-0.4, -0.2) is 57.1 Å². The fourth-order valence-corrected chi connectivity index (χ4v) is 4.60. The normalized spacial score (nSPS) is 13.0. The lowest BCUT2D eigenvalue weighted by Crippen LogP contribution is -2.52. The number of anilines is 1. The topological polar surface area (TPSA) is 96.0 Å². The van der Waals surface area contributed by atoms with Crippen molar-refractivity contribution in [2.45, 2.75) is 52.7 Å². The Hall–Kier alpha value is -2.78. The molecule has 0 spiro atoms. The fourth-order valence-electron chi connectivity index (χ4n) is 3.47. The van der Waals surface area contributed by atoms with Crippen molar-refractivity contribution >= 4 is 39.1 Å². The average molecular weight is 524 g/mol. The summed E-state index contributed by atoms with van der Waals surface area (Å²) in [5, 5.41) is 3.36. The van der Waals surface area contributed by atoms with Crippen LogP contribution in [0.4, 0.5) is 5.69 Å². The van der Waals surface area contributed by atoms with E-state index in [0.29, 0.717) is 22.0 Å². The van der Waals surface area contributed by atoms with E-state index in [-0.39, 0.29) is 18.5 Å². The summed E-state index contributed by atoms with van der Waals surface area (Å²) in [5.41, 5.74) is 1.74. The maximum absolute atomic E-state index is 13.6. The Balaban J connectivity index is 2.41. The SMILES string of the molecule is CC[C@H](C)NC(=O)[C@H](C)N(Cc1ccc(OC)cc1)C(=O)CN(c1ccc(Cl)cc1C)S(C)(=O)=O. The molecule has 2 aromatic rings. The highest BCUT2D eigenvalue weighted by Gasteiger charge is 2.31. The van der Waals surface area contributed by atoms with Gasteiger partial charge in [-0.15, -0.1) is 0 Å². The molecule has 35 heavy (non-hydrogen) atoms. The first kappa shape index (κ1) is 28.5. The maximum atomic E-state index is 13.6. The van der Waals surface area contributed by atoms with Gasteiger partial charge in [0.15, 0.2) is 0 Å². The molecule has 0 aromatic heterocycles. The summed E-state index contributed by atoms with van der Waals surface area (Å²) in [5.74, 6) is -0.155. The Labute approximate surface area is 213 Å². The Bertz CT molecular complexity index is 1140.